The first-order valence-corrected chi connectivity index (χ1v) is 14.7. The van der Waals surface area contributed by atoms with Gasteiger partial charge < -0.3 is 9.47 Å². The largest absolute Gasteiger partial charge is 0.487 e. The van der Waals surface area contributed by atoms with E-state index in [0.717, 1.165) is 21.9 Å². The number of hydrogen-bond acceptors (Lipinski definition) is 8. The van der Waals surface area contributed by atoms with Crippen molar-refractivity contribution in [1.82, 2.24) is 0 Å². The number of ether oxygens (including phenoxy) is 2. The fourth-order valence-electron chi connectivity index (χ4n) is 3.56. The quantitative estimate of drug-likeness (QED) is 0.177. The summed E-state index contributed by atoms with van der Waals surface area (Å²) in [4.78, 5) is 0.136. The van der Waals surface area contributed by atoms with Crippen LogP contribution in [0.3, 0.4) is 0 Å². The van der Waals surface area contributed by atoms with Crippen LogP contribution < -0.4 is 9.47 Å². The van der Waals surface area contributed by atoms with Crippen LogP contribution in [0.2, 0.25) is 0 Å². The summed E-state index contributed by atoms with van der Waals surface area (Å²) in [6.07, 6.45) is 0. The Morgan fingerprint density at radius 3 is 1.26 bits per heavy atom. The maximum atomic E-state index is 12.4. The third kappa shape index (κ3) is 7.11. The molecular weight excluding hydrogens is 528 g/mol. The van der Waals surface area contributed by atoms with Gasteiger partial charge in [-0.05, 0) is 61.0 Å². The van der Waals surface area contributed by atoms with E-state index in [9.17, 15) is 16.8 Å². The van der Waals surface area contributed by atoms with Gasteiger partial charge >= 0.3 is 0 Å². The second kappa shape index (κ2) is 12.0. The van der Waals surface area contributed by atoms with Crippen molar-refractivity contribution in [3.05, 3.63) is 96.1 Å². The molecule has 38 heavy (non-hydrogen) atoms. The predicted octanol–water partition coefficient (Wildman–Crippen LogP) is 5.03. The standard InChI is InChI=1S/C28H28O8S2/c1-21-7-11-25(12-8-21)37(29,30)35-17-15-33-27-19-23-5-3-4-6-24(23)20-28(27)34-16-18-36-38(31,32)26-13-9-22(2)10-14-26/h3-14,19-20H,15-18H2,1-2H3. The summed E-state index contributed by atoms with van der Waals surface area (Å²) in [5, 5.41) is 1.78. The van der Waals surface area contributed by atoms with Crippen LogP contribution in [0.1, 0.15) is 11.1 Å². The van der Waals surface area contributed by atoms with E-state index >= 15 is 0 Å². The van der Waals surface area contributed by atoms with Crippen molar-refractivity contribution in [2.24, 2.45) is 0 Å². The Balaban J connectivity index is 1.38. The highest BCUT2D eigenvalue weighted by atomic mass is 32.2. The van der Waals surface area contributed by atoms with Gasteiger partial charge in [0.25, 0.3) is 20.2 Å². The number of fused-ring (bicyclic) bond motifs is 1. The van der Waals surface area contributed by atoms with Crippen LogP contribution in [0.4, 0.5) is 0 Å². The first-order valence-electron chi connectivity index (χ1n) is 11.8. The molecule has 0 amide bonds. The average molecular weight is 557 g/mol. The van der Waals surface area contributed by atoms with Crippen LogP contribution in [-0.4, -0.2) is 43.3 Å². The van der Waals surface area contributed by atoms with Gasteiger partial charge in [0.05, 0.1) is 9.79 Å². The molecule has 200 valence electrons. The third-order valence-corrected chi connectivity index (χ3v) is 8.24. The fraction of sp³-hybridized carbons (Fsp3) is 0.214. The van der Waals surface area contributed by atoms with Crippen LogP contribution in [0.5, 0.6) is 11.5 Å². The summed E-state index contributed by atoms with van der Waals surface area (Å²) in [7, 11) is -7.84. The molecule has 0 heterocycles. The van der Waals surface area contributed by atoms with E-state index in [0.29, 0.717) is 11.5 Å². The van der Waals surface area contributed by atoms with Gasteiger partial charge in [0.15, 0.2) is 11.5 Å². The van der Waals surface area contributed by atoms with Gasteiger partial charge in [0, 0.05) is 0 Å². The van der Waals surface area contributed by atoms with Gasteiger partial charge in [-0.2, -0.15) is 16.8 Å². The first-order chi connectivity index (χ1) is 18.1. The Bertz CT molecular complexity index is 1470. The zero-order valence-electron chi connectivity index (χ0n) is 21.0. The average Bonchev–Trinajstić information content (AvgIpc) is 2.89. The molecule has 0 radical (unpaired) electrons. The Hall–Kier alpha value is -3.44. The van der Waals surface area contributed by atoms with E-state index in [-0.39, 0.29) is 36.2 Å². The summed E-state index contributed by atoms with van der Waals surface area (Å²) < 4.78 is 71.4. The van der Waals surface area contributed by atoms with Gasteiger partial charge in [-0.15, -0.1) is 0 Å². The molecule has 0 bridgehead atoms. The lowest BCUT2D eigenvalue weighted by Crippen LogP contribution is -2.15. The highest BCUT2D eigenvalue weighted by molar-refractivity contribution is 7.87. The molecule has 0 fully saturated rings. The fourth-order valence-corrected chi connectivity index (χ4v) is 5.35. The monoisotopic (exact) mass is 556 g/mol. The van der Waals surface area contributed by atoms with Crippen molar-refractivity contribution in [3.63, 3.8) is 0 Å². The van der Waals surface area contributed by atoms with E-state index in [2.05, 4.69) is 0 Å². The maximum Gasteiger partial charge on any atom is 0.297 e. The zero-order valence-corrected chi connectivity index (χ0v) is 22.6. The Morgan fingerprint density at radius 2 is 0.895 bits per heavy atom. The van der Waals surface area contributed by atoms with Gasteiger partial charge in [-0.25, -0.2) is 0 Å². The molecule has 4 aromatic carbocycles. The normalized spacial score (nSPS) is 11.9. The molecule has 0 spiro atoms. The molecule has 0 aromatic heterocycles. The second-order valence-corrected chi connectivity index (χ2v) is 11.8. The minimum atomic E-state index is -3.92. The molecule has 10 heteroatoms. The van der Waals surface area contributed by atoms with Crippen LogP contribution in [-0.2, 0) is 28.6 Å². The van der Waals surface area contributed by atoms with Crippen LogP contribution in [0.25, 0.3) is 10.8 Å². The van der Waals surface area contributed by atoms with Crippen molar-refractivity contribution in [3.8, 4) is 11.5 Å². The Labute approximate surface area is 223 Å². The molecule has 4 aromatic rings. The number of rotatable bonds is 12. The van der Waals surface area contributed by atoms with E-state index in [4.69, 9.17) is 17.8 Å². The highest BCUT2D eigenvalue weighted by Crippen LogP contribution is 2.33. The Kier molecular flexibility index (Phi) is 8.68. The molecule has 0 unspecified atom stereocenters. The molecule has 0 saturated carbocycles. The van der Waals surface area contributed by atoms with Crippen molar-refractivity contribution < 1.29 is 34.7 Å². The first kappa shape index (κ1) is 27.6. The molecule has 4 rings (SSSR count). The molecule has 0 saturated heterocycles. The number of hydrogen-bond donors (Lipinski definition) is 0. The van der Waals surface area contributed by atoms with Crippen LogP contribution in [0, 0.1) is 13.8 Å². The lowest BCUT2D eigenvalue weighted by molar-refractivity contribution is 0.195. The van der Waals surface area contributed by atoms with Crippen LogP contribution >= 0.6 is 0 Å². The van der Waals surface area contributed by atoms with E-state index in [1.54, 1.807) is 36.4 Å². The number of aryl methyl sites for hydroxylation is 2. The summed E-state index contributed by atoms with van der Waals surface area (Å²) >= 11 is 0. The molecular formula is C28H28O8S2. The van der Waals surface area contributed by atoms with Crippen LogP contribution in [0.15, 0.2) is 94.7 Å². The summed E-state index contributed by atoms with van der Waals surface area (Å²) in [6, 6.07) is 23.8. The summed E-state index contributed by atoms with van der Waals surface area (Å²) in [5.74, 6) is 0.725. The van der Waals surface area contributed by atoms with Crippen molar-refractivity contribution in [2.75, 3.05) is 26.4 Å². The molecule has 8 nitrogen and oxygen atoms in total. The molecule has 0 aliphatic rings. The van der Waals surface area contributed by atoms with Crippen molar-refractivity contribution in [1.29, 1.82) is 0 Å². The third-order valence-electron chi connectivity index (χ3n) is 5.59. The van der Waals surface area contributed by atoms with E-state index in [1.165, 1.54) is 24.3 Å². The topological polar surface area (TPSA) is 105 Å². The highest BCUT2D eigenvalue weighted by Gasteiger charge is 2.17. The van der Waals surface area contributed by atoms with Crippen molar-refractivity contribution in [2.45, 2.75) is 23.6 Å². The number of benzene rings is 4. The predicted molar refractivity (Wildman–Crippen MR) is 144 cm³/mol. The van der Waals surface area contributed by atoms with Gasteiger partial charge in [-0.3, -0.25) is 8.37 Å². The molecule has 0 atom stereocenters. The summed E-state index contributed by atoms with van der Waals surface area (Å²) in [5.41, 5.74) is 1.88. The SMILES string of the molecule is Cc1ccc(S(=O)(=O)OCCOc2cc3ccccc3cc2OCCOS(=O)(=O)c2ccc(C)cc2)cc1. The van der Waals surface area contributed by atoms with E-state index < -0.39 is 20.2 Å². The smallest absolute Gasteiger partial charge is 0.297 e. The second-order valence-electron chi connectivity index (χ2n) is 8.52. The lowest BCUT2D eigenvalue weighted by atomic mass is 10.1. The van der Waals surface area contributed by atoms with Gasteiger partial charge in [0.2, 0.25) is 0 Å². The van der Waals surface area contributed by atoms with E-state index in [1.807, 2.05) is 38.1 Å². The zero-order chi connectivity index (χ0) is 27.2. The van der Waals surface area contributed by atoms with Gasteiger partial charge in [-0.1, -0.05) is 59.7 Å². The lowest BCUT2D eigenvalue weighted by Gasteiger charge is -2.15. The minimum Gasteiger partial charge on any atom is -0.487 e. The molecule has 0 aliphatic heterocycles. The molecule has 0 N–H and O–H groups in total. The van der Waals surface area contributed by atoms with Crippen molar-refractivity contribution >= 4 is 31.0 Å². The molecule has 0 aliphatic carbocycles. The minimum absolute atomic E-state index is 0.0574. The maximum absolute atomic E-state index is 12.4. The Morgan fingerprint density at radius 1 is 0.526 bits per heavy atom. The van der Waals surface area contributed by atoms with Gasteiger partial charge in [0.1, 0.15) is 26.4 Å². The summed E-state index contributed by atoms with van der Waals surface area (Å²) in [6.45, 7) is 3.20.